The van der Waals surface area contributed by atoms with Crippen molar-refractivity contribution in [2.45, 2.75) is 38.9 Å². The molecule has 1 N–H and O–H groups in total. The number of hydrogen-bond donors (Lipinski definition) is 1. The lowest BCUT2D eigenvalue weighted by Crippen LogP contribution is -2.42. The Bertz CT molecular complexity index is 1030. The van der Waals surface area contributed by atoms with E-state index < -0.39 is 5.60 Å². The van der Waals surface area contributed by atoms with Crippen LogP contribution in [0.1, 0.15) is 27.2 Å². The highest BCUT2D eigenvalue weighted by Crippen LogP contribution is 2.28. The fourth-order valence-corrected chi connectivity index (χ4v) is 3.45. The maximum atomic E-state index is 12.5. The zero-order valence-corrected chi connectivity index (χ0v) is 18.1. The summed E-state index contributed by atoms with van der Waals surface area (Å²) in [7, 11) is 0. The van der Waals surface area contributed by atoms with Crippen molar-refractivity contribution in [3.63, 3.8) is 0 Å². The van der Waals surface area contributed by atoms with Gasteiger partial charge in [-0.15, -0.1) is 0 Å². The summed E-state index contributed by atoms with van der Waals surface area (Å²) in [5.41, 5.74) is 2.00. The molecule has 1 fully saturated rings. The number of fused-ring (bicyclic) bond motifs is 1. The quantitative estimate of drug-likeness (QED) is 0.680. The molecule has 1 atom stereocenters. The number of nitrogens with one attached hydrogen (secondary N) is 1. The smallest absolute Gasteiger partial charge is 0.410 e. The lowest BCUT2D eigenvalue weighted by molar-refractivity contribution is 0.00254. The summed E-state index contributed by atoms with van der Waals surface area (Å²) >= 11 is 0. The highest BCUT2D eigenvalue weighted by Gasteiger charge is 2.27. The van der Waals surface area contributed by atoms with E-state index in [0.29, 0.717) is 25.6 Å². The van der Waals surface area contributed by atoms with Crippen molar-refractivity contribution in [2.24, 2.45) is 0 Å². The molecule has 0 radical (unpaired) electrons. The predicted molar refractivity (Wildman–Crippen MR) is 117 cm³/mol. The third-order valence-corrected chi connectivity index (χ3v) is 4.87. The largest absolute Gasteiger partial charge is 0.474 e. The van der Waals surface area contributed by atoms with Gasteiger partial charge in [-0.3, -0.25) is 4.98 Å². The van der Waals surface area contributed by atoms with E-state index in [1.807, 2.05) is 57.4 Å². The standard InChI is InChI=1S/C23H28N4O4/c1-23(2,3)31-22(28)27-10-5-11-29-17(14-27)15-30-21-18-6-4-8-25-20(18)12-19(26-21)16-7-9-24-13-16/h4,6-9,12-13,17,24H,5,10-11,14-15H2,1-3H3/t17-/m0/s1. The summed E-state index contributed by atoms with van der Waals surface area (Å²) in [6, 6.07) is 7.69. The topological polar surface area (TPSA) is 89.6 Å². The number of pyridine rings is 2. The maximum Gasteiger partial charge on any atom is 0.410 e. The molecule has 1 amide bonds. The molecule has 0 aromatic carbocycles. The van der Waals surface area contributed by atoms with Crippen LogP contribution in [0.5, 0.6) is 5.88 Å². The van der Waals surface area contributed by atoms with E-state index in [1.54, 1.807) is 11.1 Å². The predicted octanol–water partition coefficient (Wildman–Crippen LogP) is 4.03. The van der Waals surface area contributed by atoms with Gasteiger partial charge in [-0.25, -0.2) is 9.78 Å². The zero-order chi connectivity index (χ0) is 21.8. The Kier molecular flexibility index (Phi) is 6.08. The highest BCUT2D eigenvalue weighted by molar-refractivity contribution is 5.86. The SMILES string of the molecule is CC(C)(C)OC(=O)N1CCCO[C@H](COc2nc(-c3cc[nH]c3)cc3ncccc23)C1. The van der Waals surface area contributed by atoms with E-state index in [2.05, 4.69) is 9.97 Å². The molecule has 0 saturated carbocycles. The van der Waals surface area contributed by atoms with Gasteiger partial charge >= 0.3 is 6.09 Å². The van der Waals surface area contributed by atoms with E-state index in [-0.39, 0.29) is 18.8 Å². The fraction of sp³-hybridized carbons (Fsp3) is 0.435. The molecule has 0 unspecified atom stereocenters. The summed E-state index contributed by atoms with van der Waals surface area (Å²) in [6.45, 7) is 7.42. The Balaban J connectivity index is 1.51. The van der Waals surface area contributed by atoms with Gasteiger partial charge in [0, 0.05) is 37.3 Å². The van der Waals surface area contributed by atoms with Crippen molar-refractivity contribution in [1.29, 1.82) is 0 Å². The van der Waals surface area contributed by atoms with Crippen LogP contribution in [0.4, 0.5) is 4.79 Å². The summed E-state index contributed by atoms with van der Waals surface area (Å²) in [6.07, 6.45) is 5.63. The number of aromatic amines is 1. The first-order valence-electron chi connectivity index (χ1n) is 10.5. The number of amides is 1. The number of H-pyrrole nitrogens is 1. The van der Waals surface area contributed by atoms with Crippen LogP contribution in [0.25, 0.3) is 22.2 Å². The van der Waals surface area contributed by atoms with Crippen molar-refractivity contribution < 1.29 is 19.0 Å². The van der Waals surface area contributed by atoms with Crippen LogP contribution in [0.3, 0.4) is 0 Å². The van der Waals surface area contributed by atoms with Crippen LogP contribution < -0.4 is 4.74 Å². The van der Waals surface area contributed by atoms with E-state index in [4.69, 9.17) is 19.2 Å². The fourth-order valence-electron chi connectivity index (χ4n) is 3.45. The van der Waals surface area contributed by atoms with E-state index in [9.17, 15) is 4.79 Å². The van der Waals surface area contributed by atoms with Gasteiger partial charge in [0.25, 0.3) is 0 Å². The van der Waals surface area contributed by atoms with Crippen molar-refractivity contribution in [1.82, 2.24) is 19.9 Å². The Morgan fingerprint density at radius 1 is 1.35 bits per heavy atom. The molecule has 31 heavy (non-hydrogen) atoms. The zero-order valence-electron chi connectivity index (χ0n) is 18.1. The molecule has 0 bridgehead atoms. The average molecular weight is 425 g/mol. The first kappa shape index (κ1) is 21.1. The first-order chi connectivity index (χ1) is 14.9. The lowest BCUT2D eigenvalue weighted by atomic mass is 10.1. The molecular weight excluding hydrogens is 396 g/mol. The number of hydrogen-bond acceptors (Lipinski definition) is 6. The number of rotatable bonds is 4. The summed E-state index contributed by atoms with van der Waals surface area (Å²) in [5, 5.41) is 0.833. The minimum absolute atomic E-state index is 0.271. The summed E-state index contributed by atoms with van der Waals surface area (Å²) in [5.74, 6) is 0.499. The summed E-state index contributed by atoms with van der Waals surface area (Å²) in [4.78, 5) is 26.4. The third kappa shape index (κ3) is 5.32. The minimum atomic E-state index is -0.537. The van der Waals surface area contributed by atoms with E-state index in [1.165, 1.54) is 0 Å². The van der Waals surface area contributed by atoms with Gasteiger partial charge < -0.3 is 24.1 Å². The molecule has 4 heterocycles. The Morgan fingerprint density at radius 2 is 2.23 bits per heavy atom. The van der Waals surface area contributed by atoms with Crippen LogP contribution in [0.2, 0.25) is 0 Å². The van der Waals surface area contributed by atoms with E-state index >= 15 is 0 Å². The highest BCUT2D eigenvalue weighted by atomic mass is 16.6. The van der Waals surface area contributed by atoms with Gasteiger partial charge in [0.1, 0.15) is 18.3 Å². The van der Waals surface area contributed by atoms with Crippen LogP contribution >= 0.6 is 0 Å². The van der Waals surface area contributed by atoms with Gasteiger partial charge in [0.05, 0.1) is 23.1 Å². The Morgan fingerprint density at radius 3 is 3.00 bits per heavy atom. The number of nitrogens with zero attached hydrogens (tertiary/aromatic N) is 3. The third-order valence-electron chi connectivity index (χ3n) is 4.87. The molecular formula is C23H28N4O4. The van der Waals surface area contributed by atoms with Crippen molar-refractivity contribution in [2.75, 3.05) is 26.3 Å². The van der Waals surface area contributed by atoms with Crippen molar-refractivity contribution in [3.8, 4) is 17.1 Å². The summed E-state index contributed by atoms with van der Waals surface area (Å²) < 4.78 is 17.6. The molecule has 164 valence electrons. The lowest BCUT2D eigenvalue weighted by Gasteiger charge is -2.27. The van der Waals surface area contributed by atoms with Crippen LogP contribution in [0.15, 0.2) is 42.9 Å². The Hall–Kier alpha value is -3.13. The van der Waals surface area contributed by atoms with Crippen LogP contribution in [-0.2, 0) is 9.47 Å². The second kappa shape index (κ2) is 8.93. The molecule has 1 saturated heterocycles. The molecule has 0 spiro atoms. The van der Waals surface area contributed by atoms with Crippen LogP contribution in [-0.4, -0.2) is 64.0 Å². The molecule has 0 aliphatic carbocycles. The number of ether oxygens (including phenoxy) is 3. The molecule has 1 aliphatic rings. The molecule has 1 aliphatic heterocycles. The van der Waals surface area contributed by atoms with E-state index in [0.717, 1.165) is 28.6 Å². The molecule has 4 rings (SSSR count). The van der Waals surface area contributed by atoms with Gasteiger partial charge in [-0.2, -0.15) is 0 Å². The normalized spacial score (nSPS) is 17.4. The van der Waals surface area contributed by atoms with Gasteiger partial charge in [0.15, 0.2) is 0 Å². The average Bonchev–Trinajstić information content (AvgIpc) is 3.16. The molecule has 8 heteroatoms. The number of aromatic nitrogens is 3. The molecule has 3 aromatic heterocycles. The maximum absolute atomic E-state index is 12.5. The van der Waals surface area contributed by atoms with Gasteiger partial charge in [-0.1, -0.05) is 0 Å². The van der Waals surface area contributed by atoms with Gasteiger partial charge in [0.2, 0.25) is 5.88 Å². The molecule has 8 nitrogen and oxygen atoms in total. The van der Waals surface area contributed by atoms with Crippen molar-refractivity contribution in [3.05, 3.63) is 42.9 Å². The van der Waals surface area contributed by atoms with Crippen molar-refractivity contribution >= 4 is 17.0 Å². The Labute approximate surface area is 181 Å². The van der Waals surface area contributed by atoms with Crippen LogP contribution in [0, 0.1) is 0 Å². The monoisotopic (exact) mass is 424 g/mol. The second-order valence-corrected chi connectivity index (χ2v) is 8.57. The minimum Gasteiger partial charge on any atom is -0.474 e. The second-order valence-electron chi connectivity index (χ2n) is 8.57. The first-order valence-corrected chi connectivity index (χ1v) is 10.5. The van der Waals surface area contributed by atoms with Gasteiger partial charge in [-0.05, 0) is 51.5 Å². The molecule has 3 aromatic rings. The number of carbonyl (C=O) groups excluding carboxylic acids is 1. The number of carbonyl (C=O) groups is 1.